The number of aromatic carboxylic acids is 1. The van der Waals surface area contributed by atoms with E-state index in [0.717, 1.165) is 5.56 Å². The van der Waals surface area contributed by atoms with E-state index < -0.39 is 22.0 Å². The summed E-state index contributed by atoms with van der Waals surface area (Å²) < 4.78 is 29.0. The first kappa shape index (κ1) is 24.3. The van der Waals surface area contributed by atoms with Gasteiger partial charge in [-0.05, 0) is 23.4 Å². The number of hydrogen-bond donors (Lipinski definition) is 3. The Bertz CT molecular complexity index is 1280. The lowest BCUT2D eigenvalue weighted by atomic mass is 10.0. The minimum Gasteiger partial charge on any atom is -0.476 e. The van der Waals surface area contributed by atoms with Gasteiger partial charge in [-0.2, -0.15) is 0 Å². The van der Waals surface area contributed by atoms with Crippen molar-refractivity contribution in [1.82, 2.24) is 19.6 Å². The first-order valence-corrected chi connectivity index (χ1v) is 12.7. The largest absolute Gasteiger partial charge is 0.476 e. The second-order valence-electron chi connectivity index (χ2n) is 7.01. The zero-order valence-corrected chi connectivity index (χ0v) is 20.0. The Hall–Kier alpha value is -3.31. The maximum absolute atomic E-state index is 12.7. The van der Waals surface area contributed by atoms with Gasteiger partial charge in [-0.15, -0.1) is 11.8 Å². The highest BCUT2D eigenvalue weighted by molar-refractivity contribution is 7.98. The molecule has 0 aliphatic heterocycles. The number of benzene rings is 2. The van der Waals surface area contributed by atoms with E-state index in [2.05, 4.69) is 10.3 Å². The predicted molar refractivity (Wildman–Crippen MR) is 126 cm³/mol. The van der Waals surface area contributed by atoms with Crippen LogP contribution in [-0.2, 0) is 23.0 Å². The van der Waals surface area contributed by atoms with E-state index >= 15 is 0 Å². The molecule has 1 aromatic heterocycles. The summed E-state index contributed by atoms with van der Waals surface area (Å²) in [7, 11) is -2.74. The quantitative estimate of drug-likeness (QED) is 0.415. The zero-order chi connectivity index (χ0) is 24.2. The molecular weight excluding hydrogens is 464 g/mol. The van der Waals surface area contributed by atoms with Crippen LogP contribution in [0, 0.1) is 0 Å². The van der Waals surface area contributed by atoms with Gasteiger partial charge in [-0.25, -0.2) is 27.7 Å². The molecule has 0 saturated carbocycles. The molecule has 0 unspecified atom stereocenters. The normalized spacial score (nSPS) is 11.2. The molecule has 0 bridgehead atoms. The Morgan fingerprint density at radius 2 is 1.79 bits per heavy atom. The van der Waals surface area contributed by atoms with Gasteiger partial charge in [0.05, 0.1) is 4.90 Å². The van der Waals surface area contributed by atoms with Crippen molar-refractivity contribution in [2.45, 2.75) is 29.8 Å². The Labute approximate surface area is 196 Å². The van der Waals surface area contributed by atoms with Gasteiger partial charge in [-0.3, -0.25) is 0 Å². The van der Waals surface area contributed by atoms with Crippen molar-refractivity contribution in [3.05, 3.63) is 65.6 Å². The molecule has 174 valence electrons. The third kappa shape index (κ3) is 5.20. The number of thioether (sulfide) groups is 1. The molecule has 33 heavy (non-hydrogen) atoms. The van der Waals surface area contributed by atoms with Crippen molar-refractivity contribution in [3.8, 4) is 11.1 Å². The van der Waals surface area contributed by atoms with Gasteiger partial charge in [0.25, 0.3) is 10.0 Å². The van der Waals surface area contributed by atoms with Crippen LogP contribution in [0.5, 0.6) is 0 Å². The van der Waals surface area contributed by atoms with E-state index in [4.69, 9.17) is 0 Å². The van der Waals surface area contributed by atoms with Gasteiger partial charge in [0.2, 0.25) is 0 Å². The summed E-state index contributed by atoms with van der Waals surface area (Å²) in [6.45, 7) is 2.23. The minimum absolute atomic E-state index is 0.0259. The Morgan fingerprint density at radius 3 is 2.36 bits per heavy atom. The standard InChI is InChI=1S/C22H24N4O5S2/c1-4-18-24-20(32-3)19(21(27)28)26(18)13-14-9-11-15(12-10-14)16-7-5-6-8-17(16)33(30,31)25-22(29)23-2/h5-12H,4,13H2,1-3H3,(H,27,28)(H2,23,25,29). The summed E-state index contributed by atoms with van der Waals surface area (Å²) in [5.74, 6) is -0.358. The molecule has 3 rings (SSSR count). The number of nitrogens with zero attached hydrogens (tertiary/aromatic N) is 2. The third-order valence-corrected chi connectivity index (χ3v) is 7.02. The van der Waals surface area contributed by atoms with E-state index in [0.29, 0.717) is 34.9 Å². The molecular formula is C22H24N4O5S2. The number of imidazole rings is 1. The van der Waals surface area contributed by atoms with Crippen LogP contribution in [0.4, 0.5) is 4.79 Å². The van der Waals surface area contributed by atoms with Crippen LogP contribution < -0.4 is 10.0 Å². The van der Waals surface area contributed by atoms with Gasteiger partial charge in [-0.1, -0.05) is 49.4 Å². The number of carbonyl (C=O) groups is 2. The summed E-state index contributed by atoms with van der Waals surface area (Å²) >= 11 is 1.29. The molecule has 0 atom stereocenters. The van der Waals surface area contributed by atoms with E-state index in [-0.39, 0.29) is 10.6 Å². The second-order valence-corrected chi connectivity index (χ2v) is 9.45. The van der Waals surface area contributed by atoms with Crippen molar-refractivity contribution in [2.75, 3.05) is 13.3 Å². The summed E-state index contributed by atoms with van der Waals surface area (Å²) in [5.41, 5.74) is 2.07. The summed E-state index contributed by atoms with van der Waals surface area (Å²) in [4.78, 5) is 27.8. The number of carbonyl (C=O) groups excluding carboxylic acids is 1. The molecule has 2 aromatic carbocycles. The third-order valence-electron chi connectivity index (χ3n) is 4.96. The van der Waals surface area contributed by atoms with Crippen LogP contribution >= 0.6 is 11.8 Å². The number of carboxylic acids is 1. The van der Waals surface area contributed by atoms with Gasteiger partial charge in [0, 0.05) is 25.6 Å². The number of urea groups is 1. The van der Waals surface area contributed by atoms with Crippen LogP contribution in [0.1, 0.15) is 28.8 Å². The van der Waals surface area contributed by atoms with Crippen LogP contribution in [-0.4, -0.2) is 48.4 Å². The van der Waals surface area contributed by atoms with Crippen molar-refractivity contribution >= 4 is 33.8 Å². The fourth-order valence-electron chi connectivity index (χ4n) is 3.40. The summed E-state index contributed by atoms with van der Waals surface area (Å²) in [6, 6.07) is 12.7. The molecule has 1 heterocycles. The molecule has 0 radical (unpaired) electrons. The van der Waals surface area contributed by atoms with Gasteiger partial charge in [0.1, 0.15) is 10.9 Å². The van der Waals surface area contributed by atoms with Gasteiger partial charge in [0.15, 0.2) is 5.69 Å². The SMILES string of the molecule is CCc1nc(SC)c(C(=O)O)n1Cc1ccc(-c2ccccc2S(=O)(=O)NC(=O)NC)cc1. The lowest BCUT2D eigenvalue weighted by molar-refractivity contribution is 0.0681. The number of amides is 2. The van der Waals surface area contributed by atoms with Crippen LogP contribution in [0.3, 0.4) is 0 Å². The van der Waals surface area contributed by atoms with Crippen molar-refractivity contribution in [1.29, 1.82) is 0 Å². The highest BCUT2D eigenvalue weighted by atomic mass is 32.2. The topological polar surface area (TPSA) is 130 Å². The molecule has 3 aromatic rings. The monoisotopic (exact) mass is 488 g/mol. The molecule has 0 aliphatic rings. The highest BCUT2D eigenvalue weighted by Crippen LogP contribution is 2.28. The number of hydrogen-bond acceptors (Lipinski definition) is 6. The van der Waals surface area contributed by atoms with E-state index in [1.54, 1.807) is 41.2 Å². The molecule has 2 amide bonds. The fourth-order valence-corrected chi connectivity index (χ4v) is 5.18. The zero-order valence-electron chi connectivity index (χ0n) is 18.3. The van der Waals surface area contributed by atoms with Crippen molar-refractivity contribution < 1.29 is 23.1 Å². The average molecular weight is 489 g/mol. The van der Waals surface area contributed by atoms with Gasteiger partial charge >= 0.3 is 12.0 Å². The Kier molecular flexibility index (Phi) is 7.44. The number of sulfonamides is 1. The first-order chi connectivity index (χ1) is 15.7. The highest BCUT2D eigenvalue weighted by Gasteiger charge is 2.23. The van der Waals surface area contributed by atoms with E-state index in [1.165, 1.54) is 24.9 Å². The maximum atomic E-state index is 12.7. The van der Waals surface area contributed by atoms with E-state index in [1.807, 2.05) is 23.8 Å². The molecule has 11 heteroatoms. The van der Waals surface area contributed by atoms with Crippen molar-refractivity contribution in [3.63, 3.8) is 0 Å². The van der Waals surface area contributed by atoms with Gasteiger partial charge < -0.3 is 15.0 Å². The number of aromatic nitrogens is 2. The Morgan fingerprint density at radius 1 is 1.12 bits per heavy atom. The van der Waals surface area contributed by atoms with E-state index in [9.17, 15) is 23.1 Å². The number of aryl methyl sites for hydroxylation is 1. The number of rotatable bonds is 8. The first-order valence-electron chi connectivity index (χ1n) is 10.0. The molecule has 0 saturated heterocycles. The van der Waals surface area contributed by atoms with Crippen molar-refractivity contribution in [2.24, 2.45) is 0 Å². The average Bonchev–Trinajstić information content (AvgIpc) is 3.17. The lowest BCUT2D eigenvalue weighted by Gasteiger charge is -2.13. The summed E-state index contributed by atoms with van der Waals surface area (Å²) in [6.07, 6.45) is 2.38. The number of carboxylic acid groups (broad SMARTS) is 1. The molecule has 0 fully saturated rings. The second kappa shape index (κ2) is 10.1. The fraction of sp³-hybridized carbons (Fsp3) is 0.227. The Balaban J connectivity index is 1.96. The number of nitrogens with one attached hydrogen (secondary N) is 2. The van der Waals surface area contributed by atoms with Crippen LogP contribution in [0.25, 0.3) is 11.1 Å². The molecule has 9 nitrogen and oxygen atoms in total. The molecule has 3 N–H and O–H groups in total. The van der Waals surface area contributed by atoms with Crippen LogP contribution in [0.2, 0.25) is 0 Å². The lowest BCUT2D eigenvalue weighted by Crippen LogP contribution is -2.37. The predicted octanol–water partition coefficient (Wildman–Crippen LogP) is 3.20. The molecule has 0 spiro atoms. The molecule has 0 aliphatic carbocycles. The minimum atomic E-state index is -4.08. The van der Waals surface area contributed by atoms with Crippen LogP contribution in [0.15, 0.2) is 58.5 Å². The smallest absolute Gasteiger partial charge is 0.355 e. The summed E-state index contributed by atoms with van der Waals surface area (Å²) in [5, 5.41) is 12.4. The maximum Gasteiger partial charge on any atom is 0.355 e.